The van der Waals surface area contributed by atoms with Crippen LogP contribution in [-0.4, -0.2) is 16.3 Å². The number of nitrogens with zero attached hydrogens (tertiary/aromatic N) is 2. The molecule has 1 N–H and O–H groups in total. The van der Waals surface area contributed by atoms with Gasteiger partial charge in [-0.2, -0.15) is 0 Å². The summed E-state index contributed by atoms with van der Waals surface area (Å²) in [5.41, 5.74) is 11.2. The maximum Gasteiger partial charge on any atom is 0.128 e. The van der Waals surface area contributed by atoms with Crippen molar-refractivity contribution in [1.29, 1.82) is 0 Å². The van der Waals surface area contributed by atoms with Crippen molar-refractivity contribution < 1.29 is 5.11 Å². The van der Waals surface area contributed by atoms with E-state index in [0.717, 1.165) is 59.5 Å². The van der Waals surface area contributed by atoms with E-state index in [1.165, 1.54) is 33.0 Å². The summed E-state index contributed by atoms with van der Waals surface area (Å²) in [5.74, 6) is 0.280. The molecule has 8 rings (SSSR count). The van der Waals surface area contributed by atoms with Crippen LogP contribution in [0.5, 0.6) is 5.75 Å². The summed E-state index contributed by atoms with van der Waals surface area (Å²) in [6.45, 7) is 19.9. The second kappa shape index (κ2) is 13.9. The number of aromatic nitrogens is 1. The maximum absolute atomic E-state index is 11.6. The Labute approximate surface area is 335 Å². The van der Waals surface area contributed by atoms with Crippen LogP contribution in [0.25, 0.3) is 64.6 Å². The molecule has 0 saturated carbocycles. The van der Waals surface area contributed by atoms with Crippen LogP contribution in [0.1, 0.15) is 84.6 Å². The highest BCUT2D eigenvalue weighted by Gasteiger charge is 2.25. The van der Waals surface area contributed by atoms with E-state index in [1.807, 2.05) is 6.21 Å². The third-order valence-electron chi connectivity index (χ3n) is 10.9. The molecule has 0 atom stereocenters. The molecule has 0 spiro atoms. The van der Waals surface area contributed by atoms with E-state index in [1.54, 1.807) is 11.3 Å². The van der Waals surface area contributed by atoms with Crippen LogP contribution >= 0.6 is 11.3 Å². The van der Waals surface area contributed by atoms with Gasteiger partial charge in [0.05, 0.1) is 15.9 Å². The summed E-state index contributed by atoms with van der Waals surface area (Å²) < 4.78 is 1.15. The van der Waals surface area contributed by atoms with Gasteiger partial charge in [-0.15, -0.1) is 11.3 Å². The van der Waals surface area contributed by atoms with E-state index in [2.05, 4.69) is 190 Å². The molecule has 280 valence electrons. The molecule has 0 bridgehead atoms. The molecule has 1 heterocycles. The first-order valence-corrected chi connectivity index (χ1v) is 20.4. The van der Waals surface area contributed by atoms with Crippen molar-refractivity contribution in [1.82, 2.24) is 4.98 Å². The number of phenolic OH excluding ortho intramolecular Hbond substituents is 1. The Morgan fingerprint density at radius 1 is 0.554 bits per heavy atom. The smallest absolute Gasteiger partial charge is 0.128 e. The standard InChI is InChI=1S/C52H50N2OS/c1-50(2,3)39-27-38(48(55)44(29-39)52(7,8)9)31-53-46-41-18-14-13-17-33(41)23-24-42(46)49-54-47-43(28-40(51(4,5)6)30-45(47)56-49)37-22-21-35-25-34(19-20-36(35)26-37)32-15-11-10-12-16-32/h10-31,55H,1-9H3. The molecule has 0 aliphatic carbocycles. The van der Waals surface area contributed by atoms with Gasteiger partial charge in [-0.25, -0.2) is 4.98 Å². The Morgan fingerprint density at radius 2 is 1.18 bits per heavy atom. The topological polar surface area (TPSA) is 45.5 Å². The quantitative estimate of drug-likeness (QED) is 0.178. The highest BCUT2D eigenvalue weighted by molar-refractivity contribution is 7.21. The van der Waals surface area contributed by atoms with Crippen LogP contribution in [-0.2, 0) is 16.2 Å². The molecule has 8 aromatic rings. The molecule has 0 fully saturated rings. The van der Waals surface area contributed by atoms with Crippen LogP contribution in [0.15, 0.2) is 132 Å². The lowest BCUT2D eigenvalue weighted by Gasteiger charge is -2.27. The molecule has 7 aromatic carbocycles. The minimum absolute atomic E-state index is 0.0531. The van der Waals surface area contributed by atoms with Gasteiger partial charge in [0.2, 0.25) is 0 Å². The van der Waals surface area contributed by atoms with Gasteiger partial charge in [0.25, 0.3) is 0 Å². The highest BCUT2D eigenvalue weighted by atomic mass is 32.1. The summed E-state index contributed by atoms with van der Waals surface area (Å²) in [6, 6.07) is 45.7. The van der Waals surface area contributed by atoms with Crippen molar-refractivity contribution in [2.75, 3.05) is 0 Å². The van der Waals surface area contributed by atoms with Crippen LogP contribution in [0.3, 0.4) is 0 Å². The van der Waals surface area contributed by atoms with E-state index in [-0.39, 0.29) is 22.0 Å². The Bertz CT molecular complexity index is 2810. The van der Waals surface area contributed by atoms with Crippen molar-refractivity contribution in [3.05, 3.63) is 150 Å². The molecule has 0 saturated heterocycles. The predicted octanol–water partition coefficient (Wildman–Crippen LogP) is 15.0. The highest BCUT2D eigenvalue weighted by Crippen LogP contribution is 2.45. The maximum atomic E-state index is 11.6. The van der Waals surface area contributed by atoms with Crippen LogP contribution < -0.4 is 0 Å². The van der Waals surface area contributed by atoms with Gasteiger partial charge in [0.1, 0.15) is 10.8 Å². The molecule has 0 radical (unpaired) electrons. The number of rotatable bonds is 5. The number of phenols is 1. The third kappa shape index (κ3) is 7.15. The predicted molar refractivity (Wildman–Crippen MR) is 242 cm³/mol. The number of aromatic hydroxyl groups is 1. The van der Waals surface area contributed by atoms with Crippen LogP contribution in [0.2, 0.25) is 0 Å². The van der Waals surface area contributed by atoms with E-state index < -0.39 is 0 Å². The largest absolute Gasteiger partial charge is 0.507 e. The van der Waals surface area contributed by atoms with E-state index in [4.69, 9.17) is 9.98 Å². The van der Waals surface area contributed by atoms with Crippen LogP contribution in [0, 0.1) is 0 Å². The lowest BCUT2D eigenvalue weighted by Crippen LogP contribution is -2.17. The fraction of sp³-hybridized carbons (Fsp3) is 0.231. The van der Waals surface area contributed by atoms with Crippen molar-refractivity contribution in [2.24, 2.45) is 4.99 Å². The molecular formula is C52H50N2OS. The van der Waals surface area contributed by atoms with E-state index in [0.29, 0.717) is 0 Å². The minimum Gasteiger partial charge on any atom is -0.507 e. The zero-order chi connectivity index (χ0) is 39.6. The Hall–Kier alpha value is -5.58. The SMILES string of the molecule is CC(C)(C)c1cc(C=Nc2c(-c3nc4c(-c5ccc6cc(-c7ccccc7)ccc6c5)cc(C(C)(C)C)cc4s3)ccc3ccccc23)c(O)c(C(C)(C)C)c1. The summed E-state index contributed by atoms with van der Waals surface area (Å²) in [4.78, 5) is 10.7. The number of fused-ring (bicyclic) bond motifs is 3. The van der Waals surface area contributed by atoms with Gasteiger partial charge in [-0.05, 0) is 96.6 Å². The van der Waals surface area contributed by atoms with E-state index in [9.17, 15) is 5.11 Å². The Balaban J connectivity index is 1.29. The molecular weight excluding hydrogens is 701 g/mol. The van der Waals surface area contributed by atoms with Gasteiger partial charge in [-0.3, -0.25) is 4.99 Å². The number of hydrogen-bond donors (Lipinski definition) is 1. The normalized spacial score (nSPS) is 12.7. The second-order valence-corrected chi connectivity index (χ2v) is 19.2. The summed E-state index contributed by atoms with van der Waals surface area (Å²) in [7, 11) is 0. The molecule has 0 amide bonds. The lowest BCUT2D eigenvalue weighted by molar-refractivity contribution is 0.444. The molecule has 0 aliphatic rings. The summed E-state index contributed by atoms with van der Waals surface area (Å²) in [6.07, 6.45) is 1.85. The third-order valence-corrected chi connectivity index (χ3v) is 11.9. The van der Waals surface area contributed by atoms with Gasteiger partial charge in [0.15, 0.2) is 0 Å². The first kappa shape index (κ1) is 37.3. The number of hydrogen-bond acceptors (Lipinski definition) is 4. The first-order valence-electron chi connectivity index (χ1n) is 19.5. The molecule has 1 aromatic heterocycles. The lowest BCUT2D eigenvalue weighted by atomic mass is 9.79. The van der Waals surface area contributed by atoms with Gasteiger partial charge in [0, 0.05) is 33.9 Å². The molecule has 4 heteroatoms. The van der Waals surface area contributed by atoms with Gasteiger partial charge >= 0.3 is 0 Å². The fourth-order valence-corrected chi connectivity index (χ4v) is 8.54. The first-order chi connectivity index (χ1) is 26.5. The molecule has 0 unspecified atom stereocenters. The van der Waals surface area contributed by atoms with E-state index >= 15 is 0 Å². The average Bonchev–Trinajstić information content (AvgIpc) is 3.60. The summed E-state index contributed by atoms with van der Waals surface area (Å²) >= 11 is 1.72. The van der Waals surface area contributed by atoms with Gasteiger partial charge < -0.3 is 5.11 Å². The summed E-state index contributed by atoms with van der Waals surface area (Å²) in [5, 5.41) is 17.1. The molecule has 56 heavy (non-hydrogen) atoms. The second-order valence-electron chi connectivity index (χ2n) is 18.2. The number of thiazole rings is 1. The fourth-order valence-electron chi connectivity index (χ4n) is 7.48. The minimum atomic E-state index is -0.237. The van der Waals surface area contributed by atoms with Crippen LogP contribution in [0.4, 0.5) is 5.69 Å². The van der Waals surface area contributed by atoms with Gasteiger partial charge in [-0.1, -0.05) is 153 Å². The Morgan fingerprint density at radius 3 is 1.88 bits per heavy atom. The van der Waals surface area contributed by atoms with Crippen molar-refractivity contribution in [2.45, 2.75) is 78.6 Å². The Kier molecular flexibility index (Phi) is 9.25. The monoisotopic (exact) mass is 750 g/mol. The average molecular weight is 751 g/mol. The number of benzene rings is 7. The zero-order valence-electron chi connectivity index (χ0n) is 34.0. The zero-order valence-corrected chi connectivity index (χ0v) is 34.8. The van der Waals surface area contributed by atoms with Crippen molar-refractivity contribution >= 4 is 55.0 Å². The molecule has 3 nitrogen and oxygen atoms in total. The van der Waals surface area contributed by atoms with Crippen molar-refractivity contribution in [3.63, 3.8) is 0 Å². The number of aliphatic imine (C=N–C) groups is 1. The van der Waals surface area contributed by atoms with Crippen molar-refractivity contribution in [3.8, 4) is 38.6 Å². The molecule has 0 aliphatic heterocycles.